The Bertz CT molecular complexity index is 570. The van der Waals surface area contributed by atoms with Crippen LogP contribution in [0.15, 0.2) is 36.5 Å². The van der Waals surface area contributed by atoms with E-state index in [-0.39, 0.29) is 0 Å². The predicted octanol–water partition coefficient (Wildman–Crippen LogP) is 3.11. The lowest BCUT2D eigenvalue weighted by atomic mass is 10.2. The molecule has 112 valence electrons. The molecule has 0 unspecified atom stereocenters. The van der Waals surface area contributed by atoms with E-state index in [4.69, 9.17) is 14.2 Å². The second-order valence-corrected chi connectivity index (χ2v) is 4.36. The molecule has 21 heavy (non-hydrogen) atoms. The van der Waals surface area contributed by atoms with Crippen molar-refractivity contribution in [3.8, 4) is 17.4 Å². The van der Waals surface area contributed by atoms with E-state index in [0.717, 1.165) is 22.7 Å². The maximum atomic E-state index is 5.50. The quantitative estimate of drug-likeness (QED) is 0.848. The highest BCUT2D eigenvalue weighted by Crippen LogP contribution is 2.28. The van der Waals surface area contributed by atoms with Crippen molar-refractivity contribution in [3.63, 3.8) is 0 Å². The van der Waals surface area contributed by atoms with Crippen molar-refractivity contribution >= 4 is 5.69 Å². The first-order valence-electron chi connectivity index (χ1n) is 6.80. The molecular weight excluding hydrogens is 268 g/mol. The van der Waals surface area contributed by atoms with Crippen LogP contribution in [0.5, 0.6) is 17.4 Å². The van der Waals surface area contributed by atoms with Gasteiger partial charge in [-0.15, -0.1) is 0 Å². The van der Waals surface area contributed by atoms with Gasteiger partial charge in [-0.05, 0) is 30.7 Å². The van der Waals surface area contributed by atoms with Crippen molar-refractivity contribution in [2.24, 2.45) is 0 Å². The first-order chi connectivity index (χ1) is 10.3. The Labute approximate surface area is 124 Å². The number of methoxy groups -OCH3 is 2. The largest absolute Gasteiger partial charge is 0.493 e. The summed E-state index contributed by atoms with van der Waals surface area (Å²) >= 11 is 0. The standard InChI is InChI=1S/C16H20N2O3/c1-4-21-14-7-5-12(9-15(14)19-2)10-17-13-6-8-16(20-3)18-11-13/h5-9,11,17H,4,10H2,1-3H3. The van der Waals surface area contributed by atoms with Gasteiger partial charge in [0.15, 0.2) is 11.5 Å². The highest BCUT2D eigenvalue weighted by atomic mass is 16.5. The Kier molecular flexibility index (Phi) is 5.26. The lowest BCUT2D eigenvalue weighted by Crippen LogP contribution is -2.01. The minimum absolute atomic E-state index is 0.600. The fourth-order valence-corrected chi connectivity index (χ4v) is 1.91. The van der Waals surface area contributed by atoms with E-state index in [1.807, 2.05) is 37.3 Å². The Morgan fingerprint density at radius 2 is 1.90 bits per heavy atom. The van der Waals surface area contributed by atoms with Crippen LogP contribution in [-0.4, -0.2) is 25.8 Å². The van der Waals surface area contributed by atoms with Gasteiger partial charge in [0.2, 0.25) is 5.88 Å². The highest BCUT2D eigenvalue weighted by Gasteiger charge is 2.05. The molecule has 0 atom stereocenters. The molecule has 2 rings (SSSR count). The number of rotatable bonds is 7. The summed E-state index contributed by atoms with van der Waals surface area (Å²) in [6.45, 7) is 3.24. The Morgan fingerprint density at radius 1 is 1.05 bits per heavy atom. The molecule has 1 aromatic heterocycles. The smallest absolute Gasteiger partial charge is 0.213 e. The molecule has 0 fully saturated rings. The molecule has 1 aromatic carbocycles. The number of hydrogen-bond acceptors (Lipinski definition) is 5. The Hall–Kier alpha value is -2.43. The summed E-state index contributed by atoms with van der Waals surface area (Å²) in [6, 6.07) is 9.65. The molecule has 0 saturated heterocycles. The average molecular weight is 288 g/mol. The number of aromatic nitrogens is 1. The zero-order valence-corrected chi connectivity index (χ0v) is 12.6. The zero-order chi connectivity index (χ0) is 15.1. The van der Waals surface area contributed by atoms with Crippen molar-refractivity contribution in [2.45, 2.75) is 13.5 Å². The van der Waals surface area contributed by atoms with Crippen LogP contribution in [0.1, 0.15) is 12.5 Å². The first-order valence-corrected chi connectivity index (χ1v) is 6.80. The molecule has 1 heterocycles. The second kappa shape index (κ2) is 7.38. The topological polar surface area (TPSA) is 52.6 Å². The third-order valence-corrected chi connectivity index (χ3v) is 2.97. The molecule has 0 aliphatic carbocycles. The van der Waals surface area contributed by atoms with Gasteiger partial charge in [0.25, 0.3) is 0 Å². The first kappa shape index (κ1) is 15.0. The van der Waals surface area contributed by atoms with Gasteiger partial charge in [-0.25, -0.2) is 4.98 Å². The molecule has 0 saturated carbocycles. The minimum Gasteiger partial charge on any atom is -0.493 e. The van der Waals surface area contributed by atoms with E-state index in [1.54, 1.807) is 20.4 Å². The maximum absolute atomic E-state index is 5.50. The summed E-state index contributed by atoms with van der Waals surface area (Å²) in [5, 5.41) is 3.30. The Balaban J connectivity index is 2.01. The predicted molar refractivity (Wildman–Crippen MR) is 82.3 cm³/mol. The third-order valence-electron chi connectivity index (χ3n) is 2.97. The zero-order valence-electron chi connectivity index (χ0n) is 12.6. The molecule has 2 aromatic rings. The van der Waals surface area contributed by atoms with E-state index >= 15 is 0 Å². The summed E-state index contributed by atoms with van der Waals surface area (Å²) < 4.78 is 15.9. The molecule has 0 aliphatic heterocycles. The van der Waals surface area contributed by atoms with E-state index in [1.165, 1.54) is 0 Å². The van der Waals surface area contributed by atoms with Crippen LogP contribution in [0.3, 0.4) is 0 Å². The van der Waals surface area contributed by atoms with Crippen LogP contribution in [0.2, 0.25) is 0 Å². The second-order valence-electron chi connectivity index (χ2n) is 4.36. The van der Waals surface area contributed by atoms with Gasteiger partial charge in [0.05, 0.1) is 32.7 Å². The van der Waals surface area contributed by atoms with E-state index in [2.05, 4.69) is 10.3 Å². The molecule has 1 N–H and O–H groups in total. The van der Waals surface area contributed by atoms with Crippen LogP contribution in [0.25, 0.3) is 0 Å². The van der Waals surface area contributed by atoms with Crippen molar-refractivity contribution in [3.05, 3.63) is 42.1 Å². The summed E-state index contributed by atoms with van der Waals surface area (Å²) in [4.78, 5) is 4.15. The van der Waals surface area contributed by atoms with Crippen LogP contribution >= 0.6 is 0 Å². The molecule has 5 heteroatoms. The molecular formula is C16H20N2O3. The van der Waals surface area contributed by atoms with Gasteiger partial charge in [0, 0.05) is 12.6 Å². The van der Waals surface area contributed by atoms with Gasteiger partial charge >= 0.3 is 0 Å². The number of pyridine rings is 1. The maximum Gasteiger partial charge on any atom is 0.213 e. The number of ether oxygens (including phenoxy) is 3. The molecule has 0 amide bonds. The van der Waals surface area contributed by atoms with Gasteiger partial charge in [-0.2, -0.15) is 0 Å². The van der Waals surface area contributed by atoms with Crippen molar-refractivity contribution in [1.82, 2.24) is 4.98 Å². The SMILES string of the molecule is CCOc1ccc(CNc2ccc(OC)nc2)cc1OC. The molecule has 0 radical (unpaired) electrons. The van der Waals surface area contributed by atoms with Gasteiger partial charge in [0.1, 0.15) is 0 Å². The number of benzene rings is 1. The van der Waals surface area contributed by atoms with Crippen LogP contribution < -0.4 is 19.5 Å². The highest BCUT2D eigenvalue weighted by molar-refractivity contribution is 5.46. The summed E-state index contributed by atoms with van der Waals surface area (Å²) in [7, 11) is 3.24. The molecule has 0 aliphatic rings. The average Bonchev–Trinajstić information content (AvgIpc) is 2.54. The lowest BCUT2D eigenvalue weighted by Gasteiger charge is -2.12. The molecule has 0 bridgehead atoms. The van der Waals surface area contributed by atoms with Crippen LogP contribution in [0.4, 0.5) is 5.69 Å². The summed E-state index contributed by atoms with van der Waals surface area (Å²) in [5.74, 6) is 2.10. The summed E-state index contributed by atoms with van der Waals surface area (Å²) in [5.41, 5.74) is 2.04. The van der Waals surface area contributed by atoms with Crippen LogP contribution in [0, 0.1) is 0 Å². The number of anilines is 1. The third kappa shape index (κ3) is 4.02. The van der Waals surface area contributed by atoms with Gasteiger partial charge < -0.3 is 19.5 Å². The number of hydrogen-bond donors (Lipinski definition) is 1. The minimum atomic E-state index is 0.600. The van der Waals surface area contributed by atoms with E-state index in [9.17, 15) is 0 Å². The van der Waals surface area contributed by atoms with Crippen molar-refractivity contribution in [1.29, 1.82) is 0 Å². The monoisotopic (exact) mass is 288 g/mol. The fraction of sp³-hybridized carbons (Fsp3) is 0.312. The fourth-order valence-electron chi connectivity index (χ4n) is 1.91. The normalized spacial score (nSPS) is 10.0. The van der Waals surface area contributed by atoms with Gasteiger partial charge in [-0.1, -0.05) is 6.07 Å². The van der Waals surface area contributed by atoms with E-state index in [0.29, 0.717) is 19.0 Å². The lowest BCUT2D eigenvalue weighted by molar-refractivity contribution is 0.310. The van der Waals surface area contributed by atoms with Crippen LogP contribution in [-0.2, 0) is 6.54 Å². The van der Waals surface area contributed by atoms with Crippen molar-refractivity contribution < 1.29 is 14.2 Å². The number of nitrogens with one attached hydrogen (secondary N) is 1. The molecule has 0 spiro atoms. The summed E-state index contributed by atoms with van der Waals surface area (Å²) in [6.07, 6.45) is 1.74. The number of nitrogens with zero attached hydrogens (tertiary/aromatic N) is 1. The van der Waals surface area contributed by atoms with Crippen molar-refractivity contribution in [2.75, 3.05) is 26.1 Å². The Morgan fingerprint density at radius 3 is 2.52 bits per heavy atom. The van der Waals surface area contributed by atoms with E-state index < -0.39 is 0 Å². The van der Waals surface area contributed by atoms with Gasteiger partial charge in [-0.3, -0.25) is 0 Å². The molecule has 5 nitrogen and oxygen atoms in total.